The Morgan fingerprint density at radius 3 is 2.49 bits per heavy atom. The van der Waals surface area contributed by atoms with Gasteiger partial charge in [0.1, 0.15) is 17.1 Å². The average molecular weight is 539 g/mol. The molecule has 12 heteroatoms. The maximum absolute atomic E-state index is 15.5. The zero-order valence-electron chi connectivity index (χ0n) is 22.0. The lowest BCUT2D eigenvalue weighted by molar-refractivity contribution is 0.249. The second-order valence-electron chi connectivity index (χ2n) is 9.39. The quantitative estimate of drug-likeness (QED) is 0.410. The van der Waals surface area contributed by atoms with Gasteiger partial charge in [-0.1, -0.05) is 5.16 Å². The summed E-state index contributed by atoms with van der Waals surface area (Å²) >= 11 is 0. The van der Waals surface area contributed by atoms with Crippen LogP contribution in [-0.2, 0) is 13.1 Å². The van der Waals surface area contributed by atoms with Gasteiger partial charge in [-0.25, -0.2) is 13.6 Å². The SMILES string of the molecule is CN=CC(=C(C)N)c1cc2c(cn1)CN(c1c(F)c(OC)cc(OC)c1F)C(=O)N2Cc1cc(C2CC2)on1. The summed E-state index contributed by atoms with van der Waals surface area (Å²) in [5.74, 6) is -1.52. The van der Waals surface area contributed by atoms with Crippen LogP contribution in [-0.4, -0.2) is 43.7 Å². The first-order chi connectivity index (χ1) is 18.8. The molecule has 0 unspecified atom stereocenters. The number of nitrogens with two attached hydrogens (primary N) is 1. The smallest absolute Gasteiger partial charge is 0.329 e. The molecule has 2 N–H and O–H groups in total. The molecule has 204 valence electrons. The van der Waals surface area contributed by atoms with Crippen LogP contribution in [0.25, 0.3) is 5.57 Å². The van der Waals surface area contributed by atoms with Crippen molar-refractivity contribution in [3.63, 3.8) is 0 Å². The van der Waals surface area contributed by atoms with Crippen LogP contribution in [0.4, 0.5) is 25.0 Å². The summed E-state index contributed by atoms with van der Waals surface area (Å²) < 4.78 is 46.6. The van der Waals surface area contributed by atoms with Gasteiger partial charge in [0.05, 0.1) is 38.7 Å². The second-order valence-corrected chi connectivity index (χ2v) is 9.39. The highest BCUT2D eigenvalue weighted by Crippen LogP contribution is 2.43. The van der Waals surface area contributed by atoms with E-state index in [1.54, 1.807) is 38.5 Å². The summed E-state index contributed by atoms with van der Waals surface area (Å²) in [6, 6.07) is 3.93. The number of allylic oxidation sites excluding steroid dienone is 2. The van der Waals surface area contributed by atoms with Crippen molar-refractivity contribution in [3.05, 3.63) is 64.4 Å². The van der Waals surface area contributed by atoms with Crippen molar-refractivity contribution in [1.29, 1.82) is 0 Å². The topological polar surface area (TPSA) is 119 Å². The van der Waals surface area contributed by atoms with E-state index in [-0.39, 0.29) is 24.6 Å². The number of nitrogens with zero attached hydrogens (tertiary/aromatic N) is 5. The van der Waals surface area contributed by atoms with Crippen molar-refractivity contribution in [2.24, 2.45) is 10.7 Å². The minimum absolute atomic E-state index is 0.00509. The van der Waals surface area contributed by atoms with Gasteiger partial charge in [-0.15, -0.1) is 0 Å². The van der Waals surface area contributed by atoms with E-state index in [0.29, 0.717) is 39.8 Å². The first-order valence-corrected chi connectivity index (χ1v) is 12.3. The van der Waals surface area contributed by atoms with Crippen molar-refractivity contribution in [2.45, 2.75) is 38.8 Å². The van der Waals surface area contributed by atoms with Crippen molar-refractivity contribution in [2.75, 3.05) is 31.1 Å². The Kier molecular flexibility index (Phi) is 6.94. The van der Waals surface area contributed by atoms with Crippen molar-refractivity contribution in [3.8, 4) is 11.5 Å². The maximum atomic E-state index is 15.5. The molecule has 0 spiro atoms. The van der Waals surface area contributed by atoms with Gasteiger partial charge in [-0.05, 0) is 25.8 Å². The highest BCUT2D eigenvalue weighted by atomic mass is 19.1. The molecular formula is C27H28F2N6O4. The largest absolute Gasteiger partial charge is 0.493 e. The number of aromatic nitrogens is 2. The molecule has 1 aliphatic heterocycles. The van der Waals surface area contributed by atoms with Gasteiger partial charge in [0.15, 0.2) is 23.1 Å². The number of halogens is 2. The van der Waals surface area contributed by atoms with E-state index in [9.17, 15) is 4.79 Å². The van der Waals surface area contributed by atoms with E-state index in [1.165, 1.54) is 19.1 Å². The van der Waals surface area contributed by atoms with Crippen LogP contribution >= 0.6 is 0 Å². The van der Waals surface area contributed by atoms with Crippen LogP contribution in [0.2, 0.25) is 0 Å². The van der Waals surface area contributed by atoms with Gasteiger partial charge in [0, 0.05) is 54.3 Å². The number of ether oxygens (including phenoxy) is 2. The van der Waals surface area contributed by atoms with Crippen LogP contribution in [0, 0.1) is 11.6 Å². The van der Waals surface area contributed by atoms with Gasteiger partial charge in [-0.3, -0.25) is 19.8 Å². The van der Waals surface area contributed by atoms with Gasteiger partial charge in [0.25, 0.3) is 0 Å². The molecule has 39 heavy (non-hydrogen) atoms. The minimum Gasteiger partial charge on any atom is -0.493 e. The lowest BCUT2D eigenvalue weighted by Crippen LogP contribution is -2.48. The fourth-order valence-electron chi connectivity index (χ4n) is 4.54. The number of urea groups is 1. The number of methoxy groups -OCH3 is 2. The molecule has 5 rings (SSSR count). The first-order valence-electron chi connectivity index (χ1n) is 12.3. The van der Waals surface area contributed by atoms with Crippen LogP contribution in [0.15, 0.2) is 39.6 Å². The molecule has 0 radical (unpaired) electrons. The van der Waals surface area contributed by atoms with Crippen LogP contribution in [0.3, 0.4) is 0 Å². The van der Waals surface area contributed by atoms with E-state index >= 15 is 8.78 Å². The number of hydrogen-bond donors (Lipinski definition) is 1. The summed E-state index contributed by atoms with van der Waals surface area (Å²) in [6.45, 7) is 1.56. The lowest BCUT2D eigenvalue weighted by Gasteiger charge is -2.37. The van der Waals surface area contributed by atoms with Gasteiger partial charge in [0.2, 0.25) is 0 Å². The van der Waals surface area contributed by atoms with E-state index in [0.717, 1.165) is 29.6 Å². The van der Waals surface area contributed by atoms with E-state index in [1.807, 2.05) is 0 Å². The Balaban J connectivity index is 1.64. The molecule has 1 aromatic carbocycles. The number of aliphatic imine (C=N–C) groups is 1. The number of anilines is 2. The fourth-order valence-corrected chi connectivity index (χ4v) is 4.54. The maximum Gasteiger partial charge on any atom is 0.329 e. The number of hydrogen-bond acceptors (Lipinski definition) is 8. The molecule has 1 fully saturated rings. The number of carbonyl (C=O) groups is 1. The van der Waals surface area contributed by atoms with Crippen molar-refractivity contribution in [1.82, 2.24) is 10.1 Å². The van der Waals surface area contributed by atoms with Gasteiger partial charge in [-0.2, -0.15) is 0 Å². The zero-order chi connectivity index (χ0) is 27.8. The normalized spacial score (nSPS) is 16.0. The fraction of sp³-hybridized carbons (Fsp3) is 0.333. The summed E-state index contributed by atoms with van der Waals surface area (Å²) in [5.41, 5.74) is 8.59. The predicted molar refractivity (Wildman–Crippen MR) is 141 cm³/mol. The number of amides is 2. The Morgan fingerprint density at radius 2 is 1.90 bits per heavy atom. The Bertz CT molecular complexity index is 1470. The molecule has 3 heterocycles. The summed E-state index contributed by atoms with van der Waals surface area (Å²) in [7, 11) is 4.11. The molecule has 3 aromatic rings. The molecule has 2 aliphatic rings. The Labute approximate surface area is 223 Å². The van der Waals surface area contributed by atoms with Gasteiger partial charge < -0.3 is 19.7 Å². The van der Waals surface area contributed by atoms with Crippen LogP contribution in [0.1, 0.15) is 48.4 Å². The minimum atomic E-state index is -1.03. The predicted octanol–water partition coefficient (Wildman–Crippen LogP) is 4.78. The number of pyridine rings is 1. The van der Waals surface area contributed by atoms with Crippen LogP contribution < -0.4 is 25.0 Å². The van der Waals surface area contributed by atoms with E-state index < -0.39 is 23.4 Å². The molecule has 2 amide bonds. The zero-order valence-corrected chi connectivity index (χ0v) is 22.0. The molecule has 1 aliphatic carbocycles. The molecule has 0 bridgehead atoms. The highest BCUT2D eigenvalue weighted by molar-refractivity contribution is 6.11. The summed E-state index contributed by atoms with van der Waals surface area (Å²) in [6.07, 6.45) is 5.17. The van der Waals surface area contributed by atoms with Gasteiger partial charge >= 0.3 is 6.03 Å². The lowest BCUT2D eigenvalue weighted by atomic mass is 10.0. The van der Waals surface area contributed by atoms with E-state index in [2.05, 4.69) is 15.1 Å². The third-order valence-electron chi connectivity index (χ3n) is 6.70. The number of fused-ring (bicyclic) bond motifs is 1. The average Bonchev–Trinajstić information content (AvgIpc) is 3.67. The van der Waals surface area contributed by atoms with Crippen molar-refractivity contribution >= 4 is 29.2 Å². The number of rotatable bonds is 8. The number of carbonyl (C=O) groups excluding carboxylic acids is 1. The van der Waals surface area contributed by atoms with E-state index in [4.69, 9.17) is 19.7 Å². The van der Waals surface area contributed by atoms with Crippen LogP contribution in [0.5, 0.6) is 11.5 Å². The summed E-state index contributed by atoms with van der Waals surface area (Å²) in [5, 5.41) is 4.14. The molecule has 2 aromatic heterocycles. The molecule has 0 saturated heterocycles. The first kappa shape index (κ1) is 26.1. The molecular weight excluding hydrogens is 510 g/mol. The van der Waals surface area contributed by atoms with Crippen molar-refractivity contribution < 1.29 is 27.6 Å². The standard InChI is InChI=1S/C27H28F2N6O4/c1-14(30)18(11-31-2)19-8-20-16(10-32-19)12-35(26-24(28)22(37-3)9-23(38-4)25(26)29)27(36)34(20)13-17-7-21(39-33-17)15-5-6-15/h7-11,15H,5-6,12-13,30H2,1-4H3. The molecule has 0 atom stereocenters. The second kappa shape index (κ2) is 10.4. The molecule has 10 nitrogen and oxygen atoms in total. The summed E-state index contributed by atoms with van der Waals surface area (Å²) in [4.78, 5) is 24.9. The monoisotopic (exact) mass is 538 g/mol. The highest BCUT2D eigenvalue weighted by Gasteiger charge is 2.38. The number of benzene rings is 1. The Morgan fingerprint density at radius 1 is 1.21 bits per heavy atom. The Hall–Kier alpha value is -4.48. The third-order valence-corrected chi connectivity index (χ3v) is 6.70. The third kappa shape index (κ3) is 4.77. The molecule has 1 saturated carbocycles.